The van der Waals surface area contributed by atoms with E-state index >= 15 is 0 Å². The molecule has 0 bridgehead atoms. The molecule has 0 spiro atoms. The molecule has 1 N–H and O–H groups in total. The number of nitrogens with one attached hydrogen (secondary N) is 1. The van der Waals surface area contributed by atoms with Gasteiger partial charge in [-0.3, -0.25) is 0 Å². The van der Waals surface area contributed by atoms with Crippen molar-refractivity contribution in [2.45, 2.75) is 31.4 Å². The summed E-state index contributed by atoms with van der Waals surface area (Å²) in [5.74, 6) is 2.47. The second kappa shape index (κ2) is 6.95. The molecule has 1 aromatic carbocycles. The second-order valence-corrected chi connectivity index (χ2v) is 5.87. The number of aromatic nitrogens is 2. The molecule has 2 aromatic rings. The van der Waals surface area contributed by atoms with Crippen LogP contribution in [0.25, 0.3) is 0 Å². The van der Waals surface area contributed by atoms with Crippen LogP contribution in [0, 0.1) is 13.8 Å². The third kappa shape index (κ3) is 3.64. The van der Waals surface area contributed by atoms with Gasteiger partial charge in [0.2, 0.25) is 0 Å². The molecule has 0 unspecified atom stereocenters. The highest BCUT2D eigenvalue weighted by molar-refractivity contribution is 7.98. The van der Waals surface area contributed by atoms with Crippen molar-refractivity contribution in [2.75, 3.05) is 11.9 Å². The zero-order valence-corrected chi connectivity index (χ0v) is 13.5. The summed E-state index contributed by atoms with van der Waals surface area (Å²) in [6.45, 7) is 6.98. The minimum Gasteiger partial charge on any atom is -0.370 e. The molecule has 106 valence electrons. The summed E-state index contributed by atoms with van der Waals surface area (Å²) in [6, 6.07) is 7.83. The Morgan fingerprint density at radius 3 is 2.65 bits per heavy atom. The molecule has 0 aliphatic heterocycles. The van der Waals surface area contributed by atoms with E-state index in [1.165, 1.54) is 0 Å². The van der Waals surface area contributed by atoms with Gasteiger partial charge in [-0.25, -0.2) is 9.97 Å². The standard InChI is InChI=1S/C15H18ClN3S/c1-4-17-15-10(2)11(3)18-14(19-15)9-20-13-8-6-5-7-12(13)16/h5-8H,4,9H2,1-3H3,(H,17,18,19). The first kappa shape index (κ1) is 15.1. The summed E-state index contributed by atoms with van der Waals surface area (Å²) >= 11 is 7.81. The SMILES string of the molecule is CCNc1nc(CSc2ccccc2Cl)nc(C)c1C. The molecule has 1 aromatic heterocycles. The Balaban J connectivity index is 2.16. The third-order valence-corrected chi connectivity index (χ3v) is 4.48. The maximum absolute atomic E-state index is 6.15. The third-order valence-electron chi connectivity index (χ3n) is 2.97. The Morgan fingerprint density at radius 1 is 1.20 bits per heavy atom. The first-order valence-electron chi connectivity index (χ1n) is 6.57. The van der Waals surface area contributed by atoms with Gasteiger partial charge in [0.25, 0.3) is 0 Å². The lowest BCUT2D eigenvalue weighted by molar-refractivity contribution is 0.964. The van der Waals surface area contributed by atoms with Crippen LogP contribution in [-0.2, 0) is 5.75 Å². The van der Waals surface area contributed by atoms with E-state index in [-0.39, 0.29) is 0 Å². The lowest BCUT2D eigenvalue weighted by atomic mass is 10.2. The Bertz CT molecular complexity index is 602. The highest BCUT2D eigenvalue weighted by Gasteiger charge is 2.08. The number of hydrogen-bond acceptors (Lipinski definition) is 4. The molecule has 0 aliphatic rings. The number of thioether (sulfide) groups is 1. The molecule has 1 heterocycles. The van der Waals surface area contributed by atoms with Gasteiger partial charge < -0.3 is 5.32 Å². The zero-order valence-electron chi connectivity index (χ0n) is 11.9. The van der Waals surface area contributed by atoms with Gasteiger partial charge in [0.1, 0.15) is 11.6 Å². The Labute approximate surface area is 129 Å². The average Bonchev–Trinajstić information content (AvgIpc) is 2.43. The van der Waals surface area contributed by atoms with Crippen LogP contribution in [0.3, 0.4) is 0 Å². The molecule has 5 heteroatoms. The molecule has 20 heavy (non-hydrogen) atoms. The summed E-state index contributed by atoms with van der Waals surface area (Å²) in [5.41, 5.74) is 2.13. The largest absolute Gasteiger partial charge is 0.370 e. The normalized spacial score (nSPS) is 10.6. The van der Waals surface area contributed by atoms with Gasteiger partial charge >= 0.3 is 0 Å². The van der Waals surface area contributed by atoms with Crippen LogP contribution < -0.4 is 5.32 Å². The summed E-state index contributed by atoms with van der Waals surface area (Å²) < 4.78 is 0. The number of rotatable bonds is 5. The van der Waals surface area contributed by atoms with Crippen LogP contribution in [0.5, 0.6) is 0 Å². The van der Waals surface area contributed by atoms with E-state index in [1.54, 1.807) is 11.8 Å². The minimum absolute atomic E-state index is 0.712. The summed E-state index contributed by atoms with van der Waals surface area (Å²) in [7, 11) is 0. The number of benzene rings is 1. The molecule has 0 amide bonds. The first-order valence-corrected chi connectivity index (χ1v) is 7.93. The van der Waals surface area contributed by atoms with E-state index in [2.05, 4.69) is 22.2 Å². The van der Waals surface area contributed by atoms with Crippen LogP contribution in [0.4, 0.5) is 5.82 Å². The van der Waals surface area contributed by atoms with Crippen LogP contribution in [0.1, 0.15) is 24.0 Å². The van der Waals surface area contributed by atoms with Crippen molar-refractivity contribution >= 4 is 29.2 Å². The average molecular weight is 308 g/mol. The van der Waals surface area contributed by atoms with E-state index in [0.717, 1.165) is 39.4 Å². The number of nitrogens with zero attached hydrogens (tertiary/aromatic N) is 2. The van der Waals surface area contributed by atoms with Crippen molar-refractivity contribution in [1.29, 1.82) is 0 Å². The predicted molar refractivity (Wildman–Crippen MR) is 86.7 cm³/mol. The van der Waals surface area contributed by atoms with Gasteiger partial charge in [0.15, 0.2) is 0 Å². The lowest BCUT2D eigenvalue weighted by Gasteiger charge is -2.11. The van der Waals surface area contributed by atoms with Crippen molar-refractivity contribution in [2.24, 2.45) is 0 Å². The number of aryl methyl sites for hydroxylation is 1. The van der Waals surface area contributed by atoms with Crippen molar-refractivity contribution < 1.29 is 0 Å². The lowest BCUT2D eigenvalue weighted by Crippen LogP contribution is -2.07. The molecular formula is C15H18ClN3S. The number of anilines is 1. The van der Waals surface area contributed by atoms with Gasteiger partial charge in [-0.15, -0.1) is 11.8 Å². The monoisotopic (exact) mass is 307 g/mol. The smallest absolute Gasteiger partial charge is 0.141 e. The van der Waals surface area contributed by atoms with E-state index in [4.69, 9.17) is 11.6 Å². The summed E-state index contributed by atoms with van der Waals surface area (Å²) in [4.78, 5) is 10.2. The summed E-state index contributed by atoms with van der Waals surface area (Å²) in [6.07, 6.45) is 0. The van der Waals surface area contributed by atoms with Crippen LogP contribution in [-0.4, -0.2) is 16.5 Å². The fourth-order valence-corrected chi connectivity index (χ4v) is 2.89. The van der Waals surface area contributed by atoms with Crippen LogP contribution in [0.15, 0.2) is 29.2 Å². The summed E-state index contributed by atoms with van der Waals surface area (Å²) in [5, 5.41) is 4.05. The van der Waals surface area contributed by atoms with E-state index in [9.17, 15) is 0 Å². The molecule has 0 saturated carbocycles. The molecule has 0 aliphatic carbocycles. The number of halogens is 1. The fraction of sp³-hybridized carbons (Fsp3) is 0.333. The van der Waals surface area contributed by atoms with Gasteiger partial charge in [0, 0.05) is 22.7 Å². The molecule has 0 radical (unpaired) electrons. The molecule has 0 saturated heterocycles. The predicted octanol–water partition coefficient (Wildman–Crippen LogP) is 4.47. The zero-order chi connectivity index (χ0) is 14.5. The highest BCUT2D eigenvalue weighted by atomic mass is 35.5. The quantitative estimate of drug-likeness (QED) is 0.827. The van der Waals surface area contributed by atoms with E-state index < -0.39 is 0 Å². The maximum atomic E-state index is 6.15. The van der Waals surface area contributed by atoms with Crippen LogP contribution in [0.2, 0.25) is 5.02 Å². The van der Waals surface area contributed by atoms with E-state index in [0.29, 0.717) is 5.75 Å². The Morgan fingerprint density at radius 2 is 1.95 bits per heavy atom. The topological polar surface area (TPSA) is 37.8 Å². The minimum atomic E-state index is 0.712. The first-order chi connectivity index (χ1) is 9.61. The van der Waals surface area contributed by atoms with Crippen LogP contribution >= 0.6 is 23.4 Å². The molecule has 2 rings (SSSR count). The van der Waals surface area contributed by atoms with Crippen molar-refractivity contribution in [1.82, 2.24) is 9.97 Å². The Hall–Kier alpha value is -1.26. The Kier molecular flexibility index (Phi) is 5.26. The van der Waals surface area contributed by atoms with Gasteiger partial charge in [-0.2, -0.15) is 0 Å². The maximum Gasteiger partial charge on any atom is 0.141 e. The van der Waals surface area contributed by atoms with Gasteiger partial charge in [-0.05, 0) is 32.9 Å². The van der Waals surface area contributed by atoms with Crippen molar-refractivity contribution in [3.05, 3.63) is 46.4 Å². The van der Waals surface area contributed by atoms with Crippen molar-refractivity contribution in [3.63, 3.8) is 0 Å². The second-order valence-electron chi connectivity index (χ2n) is 4.45. The van der Waals surface area contributed by atoms with Gasteiger partial charge in [0.05, 0.1) is 10.8 Å². The van der Waals surface area contributed by atoms with Crippen molar-refractivity contribution in [3.8, 4) is 0 Å². The highest BCUT2D eigenvalue weighted by Crippen LogP contribution is 2.29. The van der Waals surface area contributed by atoms with E-state index in [1.807, 2.05) is 38.1 Å². The molecule has 0 fully saturated rings. The molecular weight excluding hydrogens is 290 g/mol. The molecule has 0 atom stereocenters. The van der Waals surface area contributed by atoms with Gasteiger partial charge in [-0.1, -0.05) is 23.7 Å². The fourth-order valence-electron chi connectivity index (χ4n) is 1.79. The number of hydrogen-bond donors (Lipinski definition) is 1. The molecule has 3 nitrogen and oxygen atoms in total.